The van der Waals surface area contributed by atoms with Crippen molar-refractivity contribution in [3.05, 3.63) is 18.2 Å². The third-order valence-corrected chi connectivity index (χ3v) is 1.41. The van der Waals surface area contributed by atoms with E-state index in [2.05, 4.69) is 9.47 Å². The first-order valence-corrected chi connectivity index (χ1v) is 4.05. The Kier molecular flexibility index (Phi) is 3.26. The summed E-state index contributed by atoms with van der Waals surface area (Å²) in [5.41, 5.74) is 0. The Hall–Kier alpha value is -1.92. The zero-order valence-corrected chi connectivity index (χ0v) is 8.04. The highest BCUT2D eigenvalue weighted by Gasteiger charge is 2.32. The molecule has 88 valence electrons. The molecular weight excluding hydrogens is 229 g/mol. The predicted molar refractivity (Wildman–Crippen MR) is 46.1 cm³/mol. The van der Waals surface area contributed by atoms with Gasteiger partial charge in [0.1, 0.15) is 5.75 Å². The van der Waals surface area contributed by atoms with Crippen LogP contribution in [-0.2, 0) is 4.79 Å². The molecule has 0 spiro atoms. The van der Waals surface area contributed by atoms with Gasteiger partial charge in [-0.2, -0.15) is 0 Å². The second-order valence-corrected chi connectivity index (χ2v) is 2.77. The van der Waals surface area contributed by atoms with Crippen LogP contribution in [0.25, 0.3) is 0 Å². The average Bonchev–Trinajstić information content (AvgIpc) is 2.06. The van der Waals surface area contributed by atoms with Crippen molar-refractivity contribution >= 4 is 5.97 Å². The van der Waals surface area contributed by atoms with Crippen LogP contribution in [0.2, 0.25) is 0 Å². The number of rotatable bonds is 2. The summed E-state index contributed by atoms with van der Waals surface area (Å²) in [6.07, 6.45) is -4.93. The summed E-state index contributed by atoms with van der Waals surface area (Å²) >= 11 is 0. The van der Waals surface area contributed by atoms with E-state index in [0.717, 1.165) is 19.1 Å². The molecule has 1 N–H and O–H groups in total. The molecule has 0 fully saturated rings. The molecule has 1 aromatic rings. The van der Waals surface area contributed by atoms with Crippen LogP contribution >= 0.6 is 0 Å². The number of phenolic OH excluding ortho intramolecular Hbond substituents is 1. The summed E-state index contributed by atoms with van der Waals surface area (Å²) in [6.45, 7) is 1.03. The number of aromatic hydroxyl groups is 1. The van der Waals surface area contributed by atoms with Gasteiger partial charge in [0.2, 0.25) is 0 Å². The maximum absolute atomic E-state index is 11.9. The van der Waals surface area contributed by atoms with Crippen molar-refractivity contribution in [3.8, 4) is 17.2 Å². The molecule has 0 aliphatic rings. The van der Waals surface area contributed by atoms with E-state index < -0.39 is 29.6 Å². The molecule has 0 radical (unpaired) electrons. The number of esters is 1. The monoisotopic (exact) mass is 236 g/mol. The van der Waals surface area contributed by atoms with E-state index in [9.17, 15) is 18.0 Å². The smallest absolute Gasteiger partial charge is 0.508 e. The molecule has 0 aliphatic carbocycles. The van der Waals surface area contributed by atoms with Gasteiger partial charge >= 0.3 is 12.3 Å². The minimum absolute atomic E-state index is 0.414. The predicted octanol–water partition coefficient (Wildman–Crippen LogP) is 2.22. The van der Waals surface area contributed by atoms with Gasteiger partial charge in [0.25, 0.3) is 0 Å². The SMILES string of the molecule is CC(=O)Oc1ccc(O)cc1OC(F)(F)F. The van der Waals surface area contributed by atoms with Gasteiger partial charge in [0.15, 0.2) is 11.5 Å². The summed E-state index contributed by atoms with van der Waals surface area (Å²) in [4.78, 5) is 10.6. The first kappa shape index (κ1) is 12.2. The van der Waals surface area contributed by atoms with Gasteiger partial charge in [0.05, 0.1) is 0 Å². The maximum atomic E-state index is 11.9. The van der Waals surface area contributed by atoms with Crippen molar-refractivity contribution in [1.29, 1.82) is 0 Å². The Morgan fingerprint density at radius 3 is 2.44 bits per heavy atom. The van der Waals surface area contributed by atoms with Gasteiger partial charge in [-0.3, -0.25) is 4.79 Å². The summed E-state index contributed by atoms with van der Waals surface area (Å²) < 4.78 is 43.9. The normalized spacial score (nSPS) is 11.0. The van der Waals surface area contributed by atoms with Gasteiger partial charge in [-0.25, -0.2) is 0 Å². The number of ether oxygens (including phenoxy) is 2. The highest BCUT2D eigenvalue weighted by molar-refractivity contribution is 5.70. The highest BCUT2D eigenvalue weighted by Crippen LogP contribution is 2.35. The quantitative estimate of drug-likeness (QED) is 0.631. The lowest BCUT2D eigenvalue weighted by molar-refractivity contribution is -0.275. The molecule has 0 amide bonds. The summed E-state index contributed by atoms with van der Waals surface area (Å²) in [7, 11) is 0. The Morgan fingerprint density at radius 1 is 1.31 bits per heavy atom. The molecule has 4 nitrogen and oxygen atoms in total. The van der Waals surface area contributed by atoms with E-state index in [-0.39, 0.29) is 0 Å². The van der Waals surface area contributed by atoms with Gasteiger partial charge in [-0.1, -0.05) is 0 Å². The van der Waals surface area contributed by atoms with Crippen molar-refractivity contribution in [2.75, 3.05) is 0 Å². The molecule has 0 heterocycles. The minimum Gasteiger partial charge on any atom is -0.508 e. The molecule has 0 bridgehead atoms. The molecule has 0 atom stereocenters. The highest BCUT2D eigenvalue weighted by atomic mass is 19.4. The van der Waals surface area contributed by atoms with Crippen molar-refractivity contribution in [2.45, 2.75) is 13.3 Å². The van der Waals surface area contributed by atoms with Crippen molar-refractivity contribution in [2.24, 2.45) is 0 Å². The van der Waals surface area contributed by atoms with Gasteiger partial charge in [-0.15, -0.1) is 13.2 Å². The van der Waals surface area contributed by atoms with E-state index in [4.69, 9.17) is 5.11 Å². The number of halogens is 3. The Bertz CT molecular complexity index is 400. The standard InChI is InChI=1S/C9H7F3O4/c1-5(13)15-7-3-2-6(14)4-8(7)16-9(10,11)12/h2-4,14H,1H3. The van der Waals surface area contributed by atoms with Gasteiger partial charge in [-0.05, 0) is 12.1 Å². The third kappa shape index (κ3) is 3.68. The molecule has 1 aromatic carbocycles. The molecule has 16 heavy (non-hydrogen) atoms. The van der Waals surface area contributed by atoms with Gasteiger partial charge < -0.3 is 14.6 Å². The largest absolute Gasteiger partial charge is 0.573 e. The maximum Gasteiger partial charge on any atom is 0.573 e. The first-order chi connectivity index (χ1) is 7.28. The lowest BCUT2D eigenvalue weighted by atomic mass is 10.3. The van der Waals surface area contributed by atoms with Crippen LogP contribution in [0.5, 0.6) is 17.2 Å². The van der Waals surface area contributed by atoms with Crippen LogP contribution in [-0.4, -0.2) is 17.4 Å². The number of alkyl halides is 3. The van der Waals surface area contributed by atoms with Crippen LogP contribution < -0.4 is 9.47 Å². The van der Waals surface area contributed by atoms with Crippen molar-refractivity contribution in [1.82, 2.24) is 0 Å². The van der Waals surface area contributed by atoms with E-state index in [0.29, 0.717) is 6.07 Å². The lowest BCUT2D eigenvalue weighted by Gasteiger charge is -2.12. The topological polar surface area (TPSA) is 55.8 Å². The van der Waals surface area contributed by atoms with E-state index in [1.807, 2.05) is 0 Å². The number of benzene rings is 1. The number of carbonyl (C=O) groups excluding carboxylic acids is 1. The fraction of sp³-hybridized carbons (Fsp3) is 0.222. The van der Waals surface area contributed by atoms with Crippen LogP contribution in [0.4, 0.5) is 13.2 Å². The molecular formula is C9H7F3O4. The van der Waals surface area contributed by atoms with Gasteiger partial charge in [0, 0.05) is 13.0 Å². The summed E-state index contributed by atoms with van der Waals surface area (Å²) in [6, 6.07) is 2.77. The van der Waals surface area contributed by atoms with Crippen LogP contribution in [0.15, 0.2) is 18.2 Å². The molecule has 0 aliphatic heterocycles. The second-order valence-electron chi connectivity index (χ2n) is 2.77. The Balaban J connectivity index is 3.03. The third-order valence-electron chi connectivity index (χ3n) is 1.41. The zero-order valence-electron chi connectivity index (χ0n) is 8.04. The van der Waals surface area contributed by atoms with E-state index >= 15 is 0 Å². The summed E-state index contributed by atoms with van der Waals surface area (Å²) in [5, 5.41) is 8.98. The van der Waals surface area contributed by atoms with Crippen LogP contribution in [0.3, 0.4) is 0 Å². The number of hydrogen-bond acceptors (Lipinski definition) is 4. The van der Waals surface area contributed by atoms with Crippen LogP contribution in [0, 0.1) is 0 Å². The van der Waals surface area contributed by atoms with E-state index in [1.54, 1.807) is 0 Å². The average molecular weight is 236 g/mol. The Labute approximate surface area is 88.2 Å². The molecule has 0 unspecified atom stereocenters. The lowest BCUT2D eigenvalue weighted by Crippen LogP contribution is -2.18. The van der Waals surface area contributed by atoms with E-state index in [1.165, 1.54) is 0 Å². The summed E-state index contributed by atoms with van der Waals surface area (Å²) in [5.74, 6) is -2.42. The fourth-order valence-corrected chi connectivity index (χ4v) is 0.940. The number of carbonyl (C=O) groups is 1. The fourth-order valence-electron chi connectivity index (χ4n) is 0.940. The number of phenols is 1. The molecule has 1 rings (SSSR count). The molecule has 0 saturated carbocycles. The second kappa shape index (κ2) is 4.30. The Morgan fingerprint density at radius 2 is 1.94 bits per heavy atom. The molecule has 7 heteroatoms. The van der Waals surface area contributed by atoms with Crippen molar-refractivity contribution in [3.63, 3.8) is 0 Å². The first-order valence-electron chi connectivity index (χ1n) is 4.05. The number of hydrogen-bond donors (Lipinski definition) is 1. The van der Waals surface area contributed by atoms with Crippen molar-refractivity contribution < 1.29 is 32.5 Å². The zero-order chi connectivity index (χ0) is 12.3. The molecule has 0 aromatic heterocycles. The minimum atomic E-state index is -4.93. The van der Waals surface area contributed by atoms with Crippen LogP contribution in [0.1, 0.15) is 6.92 Å². The molecule has 0 saturated heterocycles.